The molecule has 11 heteroatoms. The predicted molar refractivity (Wildman–Crippen MR) is 82.7 cm³/mol. The number of alkyl halides is 6. The zero-order chi connectivity index (χ0) is 21.5. The summed E-state index contributed by atoms with van der Waals surface area (Å²) in [5.74, 6) is -3.33. The van der Waals surface area contributed by atoms with Crippen molar-refractivity contribution in [2.24, 2.45) is 5.73 Å². The number of allylic oxidation sites excluding steroid dienone is 2. The Balaban J connectivity index is 2.81. The van der Waals surface area contributed by atoms with E-state index in [0.717, 1.165) is 19.3 Å². The fraction of sp³-hybridized carbons (Fsp3) is 0.294. The largest absolute Gasteiger partial charge is 0.511 e. The van der Waals surface area contributed by atoms with E-state index in [-0.39, 0.29) is 23.8 Å². The van der Waals surface area contributed by atoms with Crippen LogP contribution in [0, 0.1) is 0 Å². The van der Waals surface area contributed by atoms with Crippen LogP contribution in [0.4, 0.5) is 26.3 Å². The first kappa shape index (κ1) is 21.3. The Morgan fingerprint density at radius 3 is 1.93 bits per heavy atom. The van der Waals surface area contributed by atoms with Crippen molar-refractivity contribution in [3.05, 3.63) is 58.4 Å². The van der Waals surface area contributed by atoms with Gasteiger partial charge in [0.05, 0.1) is 18.2 Å². The summed E-state index contributed by atoms with van der Waals surface area (Å²) in [7, 11) is 0.985. The highest BCUT2D eigenvalue weighted by Crippen LogP contribution is 2.44. The lowest BCUT2D eigenvalue weighted by molar-refractivity contribution is -0.144. The first-order valence-electron chi connectivity index (χ1n) is 7.52. The lowest BCUT2D eigenvalue weighted by Crippen LogP contribution is -2.45. The van der Waals surface area contributed by atoms with Gasteiger partial charge in [0.2, 0.25) is 5.91 Å². The molecule has 0 heterocycles. The van der Waals surface area contributed by atoms with Crippen LogP contribution in [-0.4, -0.2) is 24.1 Å². The van der Waals surface area contributed by atoms with Crippen LogP contribution in [0.2, 0.25) is 0 Å². The van der Waals surface area contributed by atoms with E-state index in [0.29, 0.717) is 0 Å². The monoisotopic (exact) mass is 409 g/mol. The summed E-state index contributed by atoms with van der Waals surface area (Å²) in [6.07, 6.45) is -9.31. The molecule has 28 heavy (non-hydrogen) atoms. The van der Waals surface area contributed by atoms with E-state index < -0.39 is 58.5 Å². The third-order valence-corrected chi connectivity index (χ3v) is 4.28. The molecule has 1 aromatic carbocycles. The van der Waals surface area contributed by atoms with Gasteiger partial charge < -0.3 is 15.6 Å². The van der Waals surface area contributed by atoms with E-state index in [1.54, 1.807) is 0 Å². The zero-order valence-electron chi connectivity index (χ0n) is 14.1. The highest BCUT2D eigenvalue weighted by atomic mass is 19.4. The van der Waals surface area contributed by atoms with Crippen LogP contribution in [-0.2, 0) is 32.1 Å². The van der Waals surface area contributed by atoms with Gasteiger partial charge in [0.25, 0.3) is 0 Å². The van der Waals surface area contributed by atoms with Gasteiger partial charge in [-0.3, -0.25) is 4.79 Å². The Kier molecular flexibility index (Phi) is 5.24. The van der Waals surface area contributed by atoms with Gasteiger partial charge in [-0.2, -0.15) is 26.3 Å². The molecule has 0 aromatic heterocycles. The Morgan fingerprint density at radius 2 is 1.54 bits per heavy atom. The highest BCUT2D eigenvalue weighted by Gasteiger charge is 2.48. The second-order valence-corrected chi connectivity index (χ2v) is 5.98. The van der Waals surface area contributed by atoms with E-state index in [2.05, 4.69) is 4.74 Å². The number of methoxy groups -OCH3 is 1. The van der Waals surface area contributed by atoms with Gasteiger partial charge >= 0.3 is 18.3 Å². The van der Waals surface area contributed by atoms with Gasteiger partial charge in [-0.25, -0.2) is 4.79 Å². The van der Waals surface area contributed by atoms with Gasteiger partial charge in [-0.05, 0) is 35.9 Å². The zero-order valence-corrected chi connectivity index (χ0v) is 14.1. The van der Waals surface area contributed by atoms with Crippen LogP contribution in [0.3, 0.4) is 0 Å². The molecule has 2 rings (SSSR count). The first-order chi connectivity index (χ1) is 12.7. The summed E-state index contributed by atoms with van der Waals surface area (Å²) >= 11 is 0. The molecule has 0 bridgehead atoms. The van der Waals surface area contributed by atoms with Crippen molar-refractivity contribution in [2.45, 2.75) is 24.2 Å². The second-order valence-electron chi connectivity index (χ2n) is 5.98. The number of halogens is 6. The Labute approximate surface area is 154 Å². The van der Waals surface area contributed by atoms with Crippen LogP contribution in [0.5, 0.6) is 0 Å². The molecule has 152 valence electrons. The molecule has 3 N–H and O–H groups in total. The molecule has 1 aliphatic carbocycles. The van der Waals surface area contributed by atoms with Crippen molar-refractivity contribution in [2.75, 3.05) is 7.11 Å². The molecule has 1 amide bonds. The number of nitrogens with two attached hydrogens (primary N) is 1. The maximum Gasteiger partial charge on any atom is 0.416 e. The number of aliphatic hydroxyl groups excluding tert-OH is 1. The standard InChI is InChI=1S/C17H13F6NO4/c1-28-13(26)8-2-3-12(25)15(7-8,14(24)27)9-4-10(16(18,19)20)6-11(5-9)17(21,22)23/h2-6,25H,7H2,1H3,(H2,24,27). The van der Waals surface area contributed by atoms with Crippen molar-refractivity contribution in [3.8, 4) is 0 Å². The van der Waals surface area contributed by atoms with Crippen LogP contribution in [0.25, 0.3) is 0 Å². The SMILES string of the molecule is COC(=O)C1=CC=C(O)C(C(N)=O)(c2cc(C(F)(F)F)cc(C(F)(F)F)c2)C1. The van der Waals surface area contributed by atoms with Crippen LogP contribution >= 0.6 is 0 Å². The molecule has 1 atom stereocenters. The van der Waals surface area contributed by atoms with Crippen LogP contribution in [0.15, 0.2) is 41.7 Å². The second kappa shape index (κ2) is 6.88. The van der Waals surface area contributed by atoms with Gasteiger partial charge in [0.1, 0.15) is 11.2 Å². The van der Waals surface area contributed by atoms with E-state index in [1.165, 1.54) is 0 Å². The smallest absolute Gasteiger partial charge is 0.416 e. The number of hydrogen-bond acceptors (Lipinski definition) is 4. The van der Waals surface area contributed by atoms with Gasteiger partial charge in [0.15, 0.2) is 0 Å². The van der Waals surface area contributed by atoms with E-state index >= 15 is 0 Å². The number of benzene rings is 1. The minimum Gasteiger partial charge on any atom is -0.511 e. The van der Waals surface area contributed by atoms with Crippen molar-refractivity contribution >= 4 is 11.9 Å². The Bertz CT molecular complexity index is 852. The number of carbonyl (C=O) groups is 2. The van der Waals surface area contributed by atoms with E-state index in [1.807, 2.05) is 0 Å². The van der Waals surface area contributed by atoms with Crippen molar-refractivity contribution < 1.29 is 45.8 Å². The van der Waals surface area contributed by atoms with Crippen molar-refractivity contribution in [1.29, 1.82) is 0 Å². The molecular weight excluding hydrogens is 396 g/mol. The molecule has 0 spiro atoms. The number of rotatable bonds is 3. The van der Waals surface area contributed by atoms with Gasteiger partial charge in [0, 0.05) is 12.0 Å². The Hall–Kier alpha value is -2.98. The fourth-order valence-corrected chi connectivity index (χ4v) is 2.84. The minimum absolute atomic E-state index is 0.126. The maximum atomic E-state index is 13.1. The van der Waals surface area contributed by atoms with Crippen molar-refractivity contribution in [3.63, 3.8) is 0 Å². The maximum absolute atomic E-state index is 13.1. The van der Waals surface area contributed by atoms with Crippen LogP contribution in [0.1, 0.15) is 23.1 Å². The summed E-state index contributed by atoms with van der Waals surface area (Å²) in [5, 5.41) is 10.2. The number of amides is 1. The number of aliphatic hydroxyl groups is 1. The molecule has 5 nitrogen and oxygen atoms in total. The van der Waals surface area contributed by atoms with Crippen molar-refractivity contribution in [1.82, 2.24) is 0 Å². The molecule has 0 saturated carbocycles. The summed E-state index contributed by atoms with van der Waals surface area (Å²) in [5.41, 5.74) is -1.77. The van der Waals surface area contributed by atoms with E-state index in [4.69, 9.17) is 5.73 Å². The molecule has 1 aromatic rings. The highest BCUT2D eigenvalue weighted by molar-refractivity contribution is 5.96. The molecular formula is C17H13F6NO4. The Morgan fingerprint density at radius 1 is 1.04 bits per heavy atom. The van der Waals surface area contributed by atoms with Gasteiger partial charge in [-0.15, -0.1) is 0 Å². The van der Waals surface area contributed by atoms with Crippen LogP contribution < -0.4 is 5.73 Å². The molecule has 0 saturated heterocycles. The molecule has 0 fully saturated rings. The minimum atomic E-state index is -5.18. The lowest BCUT2D eigenvalue weighted by atomic mass is 9.70. The lowest BCUT2D eigenvalue weighted by Gasteiger charge is -2.34. The third-order valence-electron chi connectivity index (χ3n) is 4.28. The average molecular weight is 409 g/mol. The third kappa shape index (κ3) is 3.69. The first-order valence-corrected chi connectivity index (χ1v) is 7.52. The number of primary amides is 1. The number of hydrogen-bond donors (Lipinski definition) is 2. The topological polar surface area (TPSA) is 89.6 Å². The molecule has 0 aliphatic heterocycles. The molecule has 1 unspecified atom stereocenters. The number of esters is 1. The van der Waals surface area contributed by atoms with Gasteiger partial charge in [-0.1, -0.05) is 0 Å². The number of ether oxygens (including phenoxy) is 1. The average Bonchev–Trinajstić information content (AvgIpc) is 2.59. The predicted octanol–water partition coefficient (Wildman–Crippen LogP) is 3.39. The fourth-order valence-electron chi connectivity index (χ4n) is 2.84. The summed E-state index contributed by atoms with van der Waals surface area (Å²) < 4.78 is 83.3. The summed E-state index contributed by atoms with van der Waals surface area (Å²) in [6, 6.07) is 0.438. The molecule has 1 aliphatic rings. The number of carbonyl (C=O) groups excluding carboxylic acids is 2. The normalized spacial score (nSPS) is 20.2. The molecule has 0 radical (unpaired) electrons. The quantitative estimate of drug-likeness (QED) is 0.592. The van der Waals surface area contributed by atoms with E-state index in [9.17, 15) is 41.0 Å². The summed E-state index contributed by atoms with van der Waals surface area (Å²) in [4.78, 5) is 23.9. The summed E-state index contributed by atoms with van der Waals surface area (Å²) in [6.45, 7) is 0.